The van der Waals surface area contributed by atoms with Gasteiger partial charge in [0.15, 0.2) is 5.58 Å². The highest BCUT2D eigenvalue weighted by molar-refractivity contribution is 6.09. The predicted molar refractivity (Wildman–Crippen MR) is 146 cm³/mol. The Bertz CT molecular complexity index is 1450. The maximum atomic E-state index is 6.36. The largest absolute Gasteiger partial charge is 0.454 e. The van der Waals surface area contributed by atoms with Crippen LogP contribution in [-0.2, 0) is 11.8 Å². The zero-order chi connectivity index (χ0) is 23.9. The second-order valence-electron chi connectivity index (χ2n) is 10.7. The second-order valence-corrected chi connectivity index (χ2v) is 10.7. The summed E-state index contributed by atoms with van der Waals surface area (Å²) in [5, 5.41) is 5.98. The molecule has 0 radical (unpaired) electrons. The minimum atomic E-state index is 0.0945. The van der Waals surface area contributed by atoms with E-state index < -0.39 is 0 Å². The first-order valence-corrected chi connectivity index (χ1v) is 12.2. The van der Waals surface area contributed by atoms with Crippen molar-refractivity contribution in [2.24, 2.45) is 5.92 Å². The molecule has 0 unspecified atom stereocenters. The molecule has 2 nitrogen and oxygen atoms in total. The second kappa shape index (κ2) is 8.68. The number of fused-ring (bicyclic) bond motifs is 3. The number of rotatable bonds is 5. The molecule has 0 fully saturated rings. The molecule has 34 heavy (non-hydrogen) atoms. The van der Waals surface area contributed by atoms with Gasteiger partial charge in [-0.25, -0.2) is 0 Å². The summed E-state index contributed by atoms with van der Waals surface area (Å²) in [7, 11) is 0. The molecular weight excluding hydrogens is 414 g/mol. The van der Waals surface area contributed by atoms with E-state index in [2.05, 4.69) is 125 Å². The van der Waals surface area contributed by atoms with Crippen molar-refractivity contribution in [1.29, 1.82) is 0 Å². The highest BCUT2D eigenvalue weighted by atomic mass is 16.3. The quantitative estimate of drug-likeness (QED) is 0.290. The summed E-state index contributed by atoms with van der Waals surface area (Å²) in [6.45, 7) is 11.3. The number of anilines is 2. The SMILES string of the molecule is CC(C)Cc1ccc(-c2ccccc2Nc2cccc3c2oc2ccc(C(C)(C)C)cc23)cc1. The first kappa shape index (κ1) is 22.3. The predicted octanol–water partition coefficient (Wildman–Crippen LogP) is 9.49. The Hall–Kier alpha value is -3.52. The minimum absolute atomic E-state index is 0.0945. The summed E-state index contributed by atoms with van der Waals surface area (Å²) >= 11 is 0. The molecule has 0 aliphatic carbocycles. The molecule has 0 aliphatic heterocycles. The van der Waals surface area contributed by atoms with Crippen LogP contribution in [0.25, 0.3) is 33.1 Å². The lowest BCUT2D eigenvalue weighted by molar-refractivity contribution is 0.590. The fourth-order valence-corrected chi connectivity index (χ4v) is 4.64. The van der Waals surface area contributed by atoms with Gasteiger partial charge in [0, 0.05) is 22.0 Å². The summed E-state index contributed by atoms with van der Waals surface area (Å²) in [6, 6.07) is 30.3. The van der Waals surface area contributed by atoms with Crippen molar-refractivity contribution in [3.8, 4) is 11.1 Å². The van der Waals surface area contributed by atoms with Crippen LogP contribution < -0.4 is 5.32 Å². The number of hydrogen-bond donors (Lipinski definition) is 1. The smallest absolute Gasteiger partial charge is 0.158 e. The molecule has 1 heterocycles. The number of hydrogen-bond acceptors (Lipinski definition) is 2. The Morgan fingerprint density at radius 3 is 2.24 bits per heavy atom. The summed E-state index contributed by atoms with van der Waals surface area (Å²) in [5.74, 6) is 0.656. The fraction of sp³-hybridized carbons (Fsp3) is 0.250. The molecule has 0 bridgehead atoms. The Labute approximate surface area is 202 Å². The zero-order valence-electron chi connectivity index (χ0n) is 20.8. The van der Waals surface area contributed by atoms with Gasteiger partial charge in [0.2, 0.25) is 0 Å². The molecule has 1 aromatic heterocycles. The van der Waals surface area contributed by atoms with Crippen LogP contribution in [0, 0.1) is 5.92 Å². The van der Waals surface area contributed by atoms with E-state index in [0.29, 0.717) is 5.92 Å². The molecular formula is C32H33NO. The van der Waals surface area contributed by atoms with Gasteiger partial charge in [-0.3, -0.25) is 0 Å². The van der Waals surface area contributed by atoms with Crippen LogP contribution in [0.3, 0.4) is 0 Å². The number of nitrogens with one attached hydrogen (secondary N) is 1. The van der Waals surface area contributed by atoms with Gasteiger partial charge >= 0.3 is 0 Å². The van der Waals surface area contributed by atoms with E-state index in [1.807, 2.05) is 0 Å². The highest BCUT2D eigenvalue weighted by Gasteiger charge is 2.17. The van der Waals surface area contributed by atoms with Crippen molar-refractivity contribution in [1.82, 2.24) is 0 Å². The van der Waals surface area contributed by atoms with Gasteiger partial charge in [0.1, 0.15) is 5.58 Å². The first-order valence-electron chi connectivity index (χ1n) is 12.2. The van der Waals surface area contributed by atoms with E-state index in [1.165, 1.54) is 27.6 Å². The fourth-order valence-electron chi connectivity index (χ4n) is 4.64. The molecule has 1 N–H and O–H groups in total. The van der Waals surface area contributed by atoms with Crippen molar-refractivity contribution in [2.75, 3.05) is 5.32 Å². The summed E-state index contributed by atoms with van der Waals surface area (Å²) in [5.41, 5.74) is 9.05. The monoisotopic (exact) mass is 447 g/mol. The molecule has 0 spiro atoms. The zero-order valence-corrected chi connectivity index (χ0v) is 20.8. The van der Waals surface area contributed by atoms with Crippen LogP contribution in [0.4, 0.5) is 11.4 Å². The lowest BCUT2D eigenvalue weighted by Crippen LogP contribution is -2.10. The van der Waals surface area contributed by atoms with E-state index in [-0.39, 0.29) is 5.41 Å². The molecule has 2 heteroatoms. The van der Waals surface area contributed by atoms with Gasteiger partial charge in [-0.05, 0) is 58.7 Å². The summed E-state index contributed by atoms with van der Waals surface area (Å²) < 4.78 is 6.36. The standard InChI is InChI=1S/C32H33NO/c1-21(2)19-22-13-15-23(16-14-22)25-9-6-7-11-28(25)33-29-12-8-10-26-27-20-24(32(3,4)5)17-18-30(27)34-31(26)29/h6-18,20-21,33H,19H2,1-5H3. The molecule has 0 saturated carbocycles. The molecule has 4 aromatic carbocycles. The van der Waals surface area contributed by atoms with Crippen LogP contribution in [0.2, 0.25) is 0 Å². The van der Waals surface area contributed by atoms with E-state index >= 15 is 0 Å². The lowest BCUT2D eigenvalue weighted by Gasteiger charge is -2.18. The Morgan fingerprint density at radius 2 is 1.50 bits per heavy atom. The van der Waals surface area contributed by atoms with E-state index in [1.54, 1.807) is 0 Å². The van der Waals surface area contributed by atoms with Gasteiger partial charge < -0.3 is 9.73 Å². The topological polar surface area (TPSA) is 25.2 Å². The third kappa shape index (κ3) is 4.33. The van der Waals surface area contributed by atoms with Gasteiger partial charge in [0.25, 0.3) is 0 Å². The van der Waals surface area contributed by atoms with Crippen molar-refractivity contribution >= 4 is 33.3 Å². The minimum Gasteiger partial charge on any atom is -0.454 e. The highest BCUT2D eigenvalue weighted by Crippen LogP contribution is 2.38. The Kier molecular flexibility index (Phi) is 5.69. The molecule has 5 rings (SSSR count). The molecule has 5 aromatic rings. The molecule has 0 atom stereocenters. The number of furan rings is 1. The van der Waals surface area contributed by atoms with Crippen LogP contribution in [0.1, 0.15) is 45.7 Å². The van der Waals surface area contributed by atoms with Crippen LogP contribution in [0.15, 0.2) is 89.3 Å². The maximum absolute atomic E-state index is 6.36. The first-order chi connectivity index (χ1) is 16.3. The lowest BCUT2D eigenvalue weighted by atomic mass is 9.86. The van der Waals surface area contributed by atoms with E-state index in [0.717, 1.165) is 34.3 Å². The van der Waals surface area contributed by atoms with E-state index in [9.17, 15) is 0 Å². The van der Waals surface area contributed by atoms with Gasteiger partial charge in [0.05, 0.1) is 5.69 Å². The van der Waals surface area contributed by atoms with Crippen LogP contribution in [0.5, 0.6) is 0 Å². The van der Waals surface area contributed by atoms with Crippen LogP contribution >= 0.6 is 0 Å². The normalized spacial score (nSPS) is 12.1. The molecule has 0 saturated heterocycles. The van der Waals surface area contributed by atoms with Gasteiger partial charge in [-0.2, -0.15) is 0 Å². The van der Waals surface area contributed by atoms with Crippen molar-refractivity contribution in [2.45, 2.75) is 46.5 Å². The van der Waals surface area contributed by atoms with Crippen molar-refractivity contribution in [3.63, 3.8) is 0 Å². The number of para-hydroxylation sites is 2. The van der Waals surface area contributed by atoms with Gasteiger partial charge in [-0.15, -0.1) is 0 Å². The molecule has 0 amide bonds. The van der Waals surface area contributed by atoms with Crippen molar-refractivity contribution < 1.29 is 4.42 Å². The van der Waals surface area contributed by atoms with E-state index in [4.69, 9.17) is 4.42 Å². The summed E-state index contributed by atoms with van der Waals surface area (Å²) in [4.78, 5) is 0. The third-order valence-corrected chi connectivity index (χ3v) is 6.47. The summed E-state index contributed by atoms with van der Waals surface area (Å²) in [6.07, 6.45) is 1.10. The average Bonchev–Trinajstić information content (AvgIpc) is 3.18. The van der Waals surface area contributed by atoms with Gasteiger partial charge in [-0.1, -0.05) is 95.3 Å². The average molecular weight is 448 g/mol. The Balaban J connectivity index is 1.54. The maximum Gasteiger partial charge on any atom is 0.158 e. The van der Waals surface area contributed by atoms with Crippen LogP contribution in [-0.4, -0.2) is 0 Å². The van der Waals surface area contributed by atoms with Crippen molar-refractivity contribution in [3.05, 3.63) is 96.1 Å². The molecule has 0 aliphatic rings. The Morgan fingerprint density at radius 1 is 0.765 bits per heavy atom. The molecule has 172 valence electrons. The third-order valence-electron chi connectivity index (χ3n) is 6.47. The number of benzene rings is 4.